The molecule has 0 radical (unpaired) electrons. The number of imide groups is 1. The summed E-state index contributed by atoms with van der Waals surface area (Å²) >= 11 is 2.28. The lowest BCUT2D eigenvalue weighted by Crippen LogP contribution is -2.36. The van der Waals surface area contributed by atoms with Crippen LogP contribution < -0.4 is 0 Å². The first-order valence-electron chi connectivity index (χ1n) is 8.84. The van der Waals surface area contributed by atoms with E-state index < -0.39 is 28.6 Å². The van der Waals surface area contributed by atoms with E-state index in [2.05, 4.69) is 0 Å². The number of amides is 3. The number of hydrogen-bond donors (Lipinski definition) is 2. The lowest BCUT2D eigenvalue weighted by molar-refractivity contribution is -0.130. The Morgan fingerprint density at radius 1 is 1.17 bits per heavy atom. The van der Waals surface area contributed by atoms with E-state index in [-0.39, 0.29) is 30.8 Å². The zero-order chi connectivity index (χ0) is 21.8. The molecular formula is C20H18N2O6S2. The Hall–Kier alpha value is -3.11. The molecule has 1 aliphatic rings. The molecule has 1 aromatic heterocycles. The summed E-state index contributed by atoms with van der Waals surface area (Å²) in [4.78, 5) is 52.6. The van der Waals surface area contributed by atoms with Crippen molar-refractivity contribution < 1.29 is 29.4 Å². The Bertz CT molecular complexity index is 1030. The smallest absolute Gasteiger partial charge is 0.293 e. The molecule has 3 rings (SSSR count). The molecule has 0 saturated carbocycles. The topological polar surface area (TPSA) is 115 Å². The van der Waals surface area contributed by atoms with Gasteiger partial charge in [-0.25, -0.2) is 0 Å². The van der Waals surface area contributed by atoms with E-state index in [1.807, 2.05) is 17.5 Å². The van der Waals surface area contributed by atoms with E-state index in [1.54, 1.807) is 6.08 Å². The normalized spacial score (nSPS) is 15.1. The van der Waals surface area contributed by atoms with Crippen LogP contribution in [0.1, 0.15) is 21.7 Å². The average molecular weight is 447 g/mol. The molecule has 8 nitrogen and oxygen atoms in total. The van der Waals surface area contributed by atoms with Crippen LogP contribution in [0, 0.1) is 0 Å². The maximum Gasteiger partial charge on any atom is 0.293 e. The average Bonchev–Trinajstić information content (AvgIpc) is 3.30. The number of hydrogen-bond acceptors (Lipinski definition) is 8. The number of ketones is 1. The number of likely N-dealkylation sites (N-methyl/N-ethyl adjacent to an activating group) is 1. The van der Waals surface area contributed by atoms with Gasteiger partial charge in [-0.15, -0.1) is 11.3 Å². The van der Waals surface area contributed by atoms with Crippen LogP contribution in [0.4, 0.5) is 4.79 Å². The summed E-state index contributed by atoms with van der Waals surface area (Å²) in [6, 6.07) is 7.33. The highest BCUT2D eigenvalue weighted by Crippen LogP contribution is 2.33. The molecule has 1 saturated heterocycles. The van der Waals surface area contributed by atoms with Crippen LogP contribution in [-0.2, 0) is 9.59 Å². The van der Waals surface area contributed by atoms with Gasteiger partial charge in [0, 0.05) is 30.5 Å². The molecule has 0 spiro atoms. The maximum atomic E-state index is 12.4. The molecule has 10 heteroatoms. The first kappa shape index (κ1) is 21.6. The van der Waals surface area contributed by atoms with Gasteiger partial charge in [0.2, 0.25) is 5.91 Å². The molecule has 0 atom stereocenters. The van der Waals surface area contributed by atoms with Crippen molar-refractivity contribution in [1.82, 2.24) is 9.80 Å². The number of phenolic OH excluding ortho intramolecular Hbond substituents is 2. The second-order valence-electron chi connectivity index (χ2n) is 6.48. The molecule has 0 bridgehead atoms. The first-order valence-corrected chi connectivity index (χ1v) is 10.5. The minimum atomic E-state index is -0.440. The number of carbonyl (C=O) groups is 4. The molecule has 2 heterocycles. The molecule has 30 heavy (non-hydrogen) atoms. The number of benzene rings is 1. The van der Waals surface area contributed by atoms with Crippen LogP contribution in [0.25, 0.3) is 6.08 Å². The van der Waals surface area contributed by atoms with Crippen molar-refractivity contribution in [3.8, 4) is 11.5 Å². The quantitative estimate of drug-likeness (QED) is 0.382. The number of Topliss-reactive ketones (excluding diaryl/α,β-unsaturated/α-hetero) is 1. The molecule has 156 valence electrons. The molecule has 2 aromatic rings. The van der Waals surface area contributed by atoms with Crippen LogP contribution >= 0.6 is 23.1 Å². The number of thioether (sulfide) groups is 1. The Labute approximate surface area is 180 Å². The molecule has 1 fully saturated rings. The number of thiophene rings is 1. The molecule has 0 aliphatic carbocycles. The third-order valence-electron chi connectivity index (χ3n) is 4.34. The highest BCUT2D eigenvalue weighted by Gasteiger charge is 2.35. The Balaban J connectivity index is 1.55. The van der Waals surface area contributed by atoms with E-state index >= 15 is 0 Å². The van der Waals surface area contributed by atoms with Crippen LogP contribution in [0.15, 0.2) is 40.6 Å². The van der Waals surface area contributed by atoms with Gasteiger partial charge in [-0.2, -0.15) is 0 Å². The van der Waals surface area contributed by atoms with Crippen LogP contribution in [0.2, 0.25) is 0 Å². The third-order valence-corrected chi connectivity index (χ3v) is 6.07. The lowest BCUT2D eigenvalue weighted by atomic mass is 10.1. The summed E-state index contributed by atoms with van der Waals surface area (Å²) < 4.78 is 0. The van der Waals surface area contributed by atoms with E-state index in [0.29, 0.717) is 4.91 Å². The highest BCUT2D eigenvalue weighted by atomic mass is 32.2. The van der Waals surface area contributed by atoms with E-state index in [9.17, 15) is 29.4 Å². The van der Waals surface area contributed by atoms with Gasteiger partial charge in [-0.1, -0.05) is 6.07 Å². The van der Waals surface area contributed by atoms with E-state index in [4.69, 9.17) is 0 Å². The number of aromatic hydroxyl groups is 2. The monoisotopic (exact) mass is 446 g/mol. The fourth-order valence-corrected chi connectivity index (χ4v) is 4.27. The first-order chi connectivity index (χ1) is 14.3. The molecule has 0 unspecified atom stereocenters. The van der Waals surface area contributed by atoms with Crippen LogP contribution in [0.3, 0.4) is 0 Å². The second kappa shape index (κ2) is 9.14. The third kappa shape index (κ3) is 4.89. The van der Waals surface area contributed by atoms with Gasteiger partial charge in [0.15, 0.2) is 17.3 Å². The van der Waals surface area contributed by atoms with E-state index in [1.165, 1.54) is 35.4 Å². The van der Waals surface area contributed by atoms with Crippen molar-refractivity contribution in [3.63, 3.8) is 0 Å². The lowest BCUT2D eigenvalue weighted by Gasteiger charge is -2.18. The van der Waals surface area contributed by atoms with Crippen molar-refractivity contribution >= 4 is 52.0 Å². The number of rotatable bonds is 7. The SMILES string of the molecule is CN(CC(=O)c1ccc(O)c(O)c1)C(=O)CCN1C(=O)SC(=Cc2cccs2)C1=O. The molecule has 1 aliphatic heterocycles. The summed E-state index contributed by atoms with van der Waals surface area (Å²) in [5.74, 6) is -2.05. The van der Waals surface area contributed by atoms with Crippen molar-refractivity contribution in [2.45, 2.75) is 6.42 Å². The molecular weight excluding hydrogens is 428 g/mol. The summed E-state index contributed by atoms with van der Waals surface area (Å²) in [6.07, 6.45) is 1.53. The van der Waals surface area contributed by atoms with Gasteiger partial charge in [-0.05, 0) is 47.5 Å². The molecule has 1 aromatic carbocycles. The predicted octanol–water partition coefficient (Wildman–Crippen LogP) is 2.93. The summed E-state index contributed by atoms with van der Waals surface area (Å²) in [5.41, 5.74) is 0.148. The number of phenols is 2. The standard InChI is InChI=1S/C20H18N2O6S2/c1-21(11-16(25)12-4-5-14(23)15(24)9-12)18(26)6-7-22-19(27)17(30-20(22)28)10-13-3-2-8-29-13/h2-5,8-10,23-24H,6-7,11H2,1H3. The van der Waals surface area contributed by atoms with Crippen LogP contribution in [0.5, 0.6) is 11.5 Å². The zero-order valence-corrected chi connectivity index (χ0v) is 17.5. The largest absolute Gasteiger partial charge is 0.504 e. The molecule has 2 N–H and O–H groups in total. The molecule has 3 amide bonds. The van der Waals surface area contributed by atoms with Gasteiger partial charge >= 0.3 is 0 Å². The van der Waals surface area contributed by atoms with Crippen molar-refractivity contribution in [2.75, 3.05) is 20.1 Å². The number of nitrogens with zero attached hydrogens (tertiary/aromatic N) is 2. The maximum absolute atomic E-state index is 12.4. The van der Waals surface area contributed by atoms with Crippen molar-refractivity contribution in [1.29, 1.82) is 0 Å². The van der Waals surface area contributed by atoms with Crippen molar-refractivity contribution in [3.05, 3.63) is 51.1 Å². The minimum absolute atomic E-state index is 0.0796. The van der Waals surface area contributed by atoms with Gasteiger partial charge in [0.1, 0.15) is 0 Å². The highest BCUT2D eigenvalue weighted by molar-refractivity contribution is 8.18. The second-order valence-corrected chi connectivity index (χ2v) is 8.45. The van der Waals surface area contributed by atoms with Gasteiger partial charge in [0.25, 0.3) is 11.1 Å². The fourth-order valence-electron chi connectivity index (χ4n) is 2.69. The van der Waals surface area contributed by atoms with Gasteiger partial charge < -0.3 is 15.1 Å². The van der Waals surface area contributed by atoms with Gasteiger partial charge in [0.05, 0.1) is 11.4 Å². The van der Waals surface area contributed by atoms with Crippen LogP contribution in [-0.4, -0.2) is 63.0 Å². The Morgan fingerprint density at radius 3 is 2.60 bits per heavy atom. The summed E-state index contributed by atoms with van der Waals surface area (Å²) in [5, 5.41) is 20.2. The minimum Gasteiger partial charge on any atom is -0.504 e. The number of carbonyl (C=O) groups excluding carboxylic acids is 4. The zero-order valence-electron chi connectivity index (χ0n) is 15.9. The Morgan fingerprint density at radius 2 is 1.93 bits per heavy atom. The predicted molar refractivity (Wildman–Crippen MR) is 113 cm³/mol. The summed E-state index contributed by atoms with van der Waals surface area (Å²) in [7, 11) is 1.44. The van der Waals surface area contributed by atoms with Crippen molar-refractivity contribution in [2.24, 2.45) is 0 Å². The fraction of sp³-hybridized carbons (Fsp3) is 0.200. The van der Waals surface area contributed by atoms with E-state index in [0.717, 1.165) is 27.6 Å². The summed E-state index contributed by atoms with van der Waals surface area (Å²) in [6.45, 7) is -0.326. The van der Waals surface area contributed by atoms with Gasteiger partial charge in [-0.3, -0.25) is 24.1 Å². The Kier molecular flexibility index (Phi) is 6.58.